The van der Waals surface area contributed by atoms with Crippen molar-refractivity contribution in [1.29, 1.82) is 0 Å². The molecule has 3 rings (SSSR count). The van der Waals surface area contributed by atoms with Crippen LogP contribution in [0.15, 0.2) is 51.9 Å². The highest BCUT2D eigenvalue weighted by molar-refractivity contribution is 9.10. The van der Waals surface area contributed by atoms with Crippen LogP contribution in [0.4, 0.5) is 4.39 Å². The number of hydrogen-bond acceptors (Lipinski definition) is 4. The van der Waals surface area contributed by atoms with Crippen LogP contribution in [0.2, 0.25) is 0 Å². The maximum atomic E-state index is 12.9. The first-order valence-corrected chi connectivity index (χ1v) is 7.69. The van der Waals surface area contributed by atoms with Gasteiger partial charge in [0, 0.05) is 6.54 Å². The lowest BCUT2D eigenvalue weighted by atomic mass is 10.2. The summed E-state index contributed by atoms with van der Waals surface area (Å²) in [5, 5.41) is 12.5. The molecule has 0 radical (unpaired) electrons. The van der Waals surface area contributed by atoms with E-state index in [0.717, 1.165) is 4.40 Å². The van der Waals surface area contributed by atoms with E-state index >= 15 is 0 Å². The summed E-state index contributed by atoms with van der Waals surface area (Å²) in [7, 11) is 0. The standard InChI is InChI=1S/C16H11BrFN3O3/c17-11-2-1-3-12-20-13(14(22)16(24)21(11)12)15(23)19-8-9-4-6-10(18)7-5-9/h1-7,22H,8H2,(H,19,23). The van der Waals surface area contributed by atoms with Gasteiger partial charge in [0.15, 0.2) is 5.69 Å². The van der Waals surface area contributed by atoms with Gasteiger partial charge in [0.05, 0.1) is 4.60 Å². The van der Waals surface area contributed by atoms with Crippen molar-refractivity contribution in [3.63, 3.8) is 0 Å². The Hall–Kier alpha value is -2.74. The van der Waals surface area contributed by atoms with Gasteiger partial charge in [-0.25, -0.2) is 9.37 Å². The highest BCUT2D eigenvalue weighted by Crippen LogP contribution is 2.15. The summed E-state index contributed by atoms with van der Waals surface area (Å²) in [6.07, 6.45) is 0. The molecule has 0 spiro atoms. The zero-order valence-electron chi connectivity index (χ0n) is 12.2. The number of aromatic nitrogens is 2. The molecule has 24 heavy (non-hydrogen) atoms. The second-order valence-electron chi connectivity index (χ2n) is 4.97. The third kappa shape index (κ3) is 3.00. The summed E-state index contributed by atoms with van der Waals surface area (Å²) in [5.41, 5.74) is -0.219. The van der Waals surface area contributed by atoms with Gasteiger partial charge in [0.2, 0.25) is 5.75 Å². The largest absolute Gasteiger partial charge is 0.501 e. The first-order valence-electron chi connectivity index (χ1n) is 6.90. The molecular formula is C16H11BrFN3O3. The average molecular weight is 392 g/mol. The maximum absolute atomic E-state index is 12.9. The lowest BCUT2D eigenvalue weighted by Crippen LogP contribution is -2.27. The summed E-state index contributed by atoms with van der Waals surface area (Å²) in [5.74, 6) is -1.81. The topological polar surface area (TPSA) is 83.7 Å². The molecule has 0 aliphatic carbocycles. The number of amides is 1. The van der Waals surface area contributed by atoms with Gasteiger partial charge in [-0.3, -0.25) is 14.0 Å². The van der Waals surface area contributed by atoms with Crippen molar-refractivity contribution < 1.29 is 14.3 Å². The van der Waals surface area contributed by atoms with Crippen LogP contribution >= 0.6 is 15.9 Å². The van der Waals surface area contributed by atoms with E-state index in [2.05, 4.69) is 26.2 Å². The van der Waals surface area contributed by atoms with Gasteiger partial charge >= 0.3 is 5.56 Å². The van der Waals surface area contributed by atoms with Crippen molar-refractivity contribution in [3.05, 3.63) is 74.5 Å². The minimum atomic E-state index is -0.751. The molecule has 8 heteroatoms. The second-order valence-corrected chi connectivity index (χ2v) is 5.78. The van der Waals surface area contributed by atoms with E-state index < -0.39 is 17.2 Å². The number of rotatable bonds is 3. The molecule has 2 heterocycles. The van der Waals surface area contributed by atoms with Crippen LogP contribution < -0.4 is 10.9 Å². The lowest BCUT2D eigenvalue weighted by molar-refractivity contribution is 0.0942. The van der Waals surface area contributed by atoms with Crippen molar-refractivity contribution in [2.24, 2.45) is 0 Å². The quantitative estimate of drug-likeness (QED) is 0.670. The number of carbonyl (C=O) groups excluding carboxylic acids is 1. The Morgan fingerprint density at radius 2 is 1.96 bits per heavy atom. The Morgan fingerprint density at radius 3 is 2.67 bits per heavy atom. The minimum absolute atomic E-state index is 0.109. The van der Waals surface area contributed by atoms with Crippen molar-refractivity contribution in [2.45, 2.75) is 6.54 Å². The number of benzene rings is 1. The normalized spacial score (nSPS) is 10.8. The summed E-state index contributed by atoms with van der Waals surface area (Å²) in [6, 6.07) is 10.4. The van der Waals surface area contributed by atoms with E-state index in [0.29, 0.717) is 10.2 Å². The van der Waals surface area contributed by atoms with Gasteiger partial charge in [-0.1, -0.05) is 18.2 Å². The Balaban J connectivity index is 1.91. The van der Waals surface area contributed by atoms with Crippen molar-refractivity contribution in [2.75, 3.05) is 0 Å². The van der Waals surface area contributed by atoms with Crippen LogP contribution in [0.1, 0.15) is 16.1 Å². The van der Waals surface area contributed by atoms with Crippen LogP contribution in [0, 0.1) is 5.82 Å². The number of carbonyl (C=O) groups is 1. The first-order chi connectivity index (χ1) is 11.5. The molecule has 2 aromatic heterocycles. The first kappa shape index (κ1) is 16.1. The summed E-state index contributed by atoms with van der Waals surface area (Å²) in [6.45, 7) is 0.109. The van der Waals surface area contributed by atoms with Crippen molar-refractivity contribution in [3.8, 4) is 5.75 Å². The molecule has 0 atom stereocenters. The van der Waals surface area contributed by atoms with Crippen LogP contribution in [0.25, 0.3) is 5.65 Å². The van der Waals surface area contributed by atoms with Crippen LogP contribution in [0.3, 0.4) is 0 Å². The molecule has 122 valence electrons. The third-order valence-electron chi connectivity index (χ3n) is 3.36. The van der Waals surface area contributed by atoms with E-state index in [1.54, 1.807) is 18.2 Å². The molecular weight excluding hydrogens is 381 g/mol. The number of nitrogens with one attached hydrogen (secondary N) is 1. The molecule has 6 nitrogen and oxygen atoms in total. The Labute approximate surface area is 143 Å². The van der Waals surface area contributed by atoms with Gasteiger partial charge in [0.25, 0.3) is 5.91 Å². The van der Waals surface area contributed by atoms with Gasteiger partial charge in [0.1, 0.15) is 11.5 Å². The summed E-state index contributed by atoms with van der Waals surface area (Å²) >= 11 is 3.19. The van der Waals surface area contributed by atoms with Gasteiger partial charge in [-0.2, -0.15) is 0 Å². The van der Waals surface area contributed by atoms with Crippen LogP contribution in [-0.2, 0) is 6.54 Å². The molecule has 0 saturated carbocycles. The number of hydrogen-bond donors (Lipinski definition) is 2. The fourth-order valence-corrected chi connectivity index (χ4v) is 2.66. The van der Waals surface area contributed by atoms with E-state index in [-0.39, 0.29) is 23.7 Å². The minimum Gasteiger partial charge on any atom is -0.501 e. The Bertz CT molecular complexity index is 986. The predicted molar refractivity (Wildman–Crippen MR) is 88.4 cm³/mol. The van der Waals surface area contributed by atoms with Crippen molar-refractivity contribution >= 4 is 27.5 Å². The summed E-state index contributed by atoms with van der Waals surface area (Å²) < 4.78 is 14.4. The number of pyridine rings is 1. The van der Waals surface area contributed by atoms with E-state index in [4.69, 9.17) is 0 Å². The molecule has 0 aliphatic rings. The maximum Gasteiger partial charge on any atom is 0.301 e. The molecule has 3 aromatic rings. The van der Waals surface area contributed by atoms with E-state index in [1.165, 1.54) is 24.3 Å². The smallest absolute Gasteiger partial charge is 0.301 e. The summed E-state index contributed by atoms with van der Waals surface area (Å²) in [4.78, 5) is 28.5. The van der Waals surface area contributed by atoms with E-state index in [1.807, 2.05) is 0 Å². The number of fused-ring (bicyclic) bond motifs is 1. The third-order valence-corrected chi connectivity index (χ3v) is 3.98. The number of halogens is 2. The zero-order valence-corrected chi connectivity index (χ0v) is 13.7. The Kier molecular flexibility index (Phi) is 4.30. The average Bonchev–Trinajstić information content (AvgIpc) is 2.57. The molecule has 2 N–H and O–H groups in total. The highest BCUT2D eigenvalue weighted by atomic mass is 79.9. The van der Waals surface area contributed by atoms with Crippen molar-refractivity contribution in [1.82, 2.24) is 14.7 Å². The fourth-order valence-electron chi connectivity index (χ4n) is 2.16. The molecule has 0 saturated heterocycles. The van der Waals surface area contributed by atoms with Crippen LogP contribution in [0.5, 0.6) is 5.75 Å². The monoisotopic (exact) mass is 391 g/mol. The van der Waals surface area contributed by atoms with Gasteiger partial charge < -0.3 is 10.4 Å². The molecule has 0 bridgehead atoms. The molecule has 1 amide bonds. The second kappa shape index (κ2) is 6.40. The number of aromatic hydroxyl groups is 1. The zero-order chi connectivity index (χ0) is 17.3. The van der Waals surface area contributed by atoms with E-state index in [9.17, 15) is 19.1 Å². The molecule has 0 unspecified atom stereocenters. The van der Waals surface area contributed by atoms with Gasteiger partial charge in [-0.15, -0.1) is 0 Å². The predicted octanol–water partition coefficient (Wildman–Crippen LogP) is 2.23. The molecule has 1 aromatic carbocycles. The van der Waals surface area contributed by atoms with Gasteiger partial charge in [-0.05, 0) is 45.8 Å². The van der Waals surface area contributed by atoms with Crippen LogP contribution in [-0.4, -0.2) is 20.4 Å². The number of nitrogens with zero attached hydrogens (tertiary/aromatic N) is 2. The molecule has 0 aliphatic heterocycles. The molecule has 0 fully saturated rings. The highest BCUT2D eigenvalue weighted by Gasteiger charge is 2.19. The lowest BCUT2D eigenvalue weighted by Gasteiger charge is -2.09. The Morgan fingerprint density at radius 1 is 1.25 bits per heavy atom. The SMILES string of the molecule is O=C(NCc1ccc(F)cc1)c1nc2cccc(Br)n2c(=O)c1O. The fraction of sp³-hybridized carbons (Fsp3) is 0.0625.